The number of rotatable bonds is 3. The van der Waals surface area contributed by atoms with Gasteiger partial charge in [0, 0.05) is 16.5 Å². The lowest BCUT2D eigenvalue weighted by molar-refractivity contribution is 0.426. The van der Waals surface area contributed by atoms with Crippen LogP contribution in [0.25, 0.3) is 38.6 Å². The standard InChI is InChI=1S/C24H18BNO2/c27-25(28)19-12-15-24-22(16-19)21-8-4-5-9-23(21)26(24)20-13-10-18(11-14-20)17-6-2-1-3-7-17/h1-16,27-28H/i1D,2D,3D,6D,7D,10D,11D,13D,14D. The van der Waals surface area contributed by atoms with Gasteiger partial charge >= 0.3 is 7.12 Å². The molecule has 0 fully saturated rings. The molecule has 2 N–H and O–H groups in total. The summed E-state index contributed by atoms with van der Waals surface area (Å²) < 4.78 is 76.8. The minimum atomic E-state index is -1.71. The Labute approximate surface area is 175 Å². The van der Waals surface area contributed by atoms with Gasteiger partial charge in [0.2, 0.25) is 0 Å². The van der Waals surface area contributed by atoms with Crippen molar-refractivity contribution < 1.29 is 22.4 Å². The Morgan fingerprint density at radius 3 is 2.14 bits per heavy atom. The lowest BCUT2D eigenvalue weighted by atomic mass is 9.80. The molecule has 134 valence electrons. The molecular weight excluding hydrogens is 345 g/mol. The van der Waals surface area contributed by atoms with Crippen molar-refractivity contribution >= 4 is 34.4 Å². The molecule has 0 spiro atoms. The van der Waals surface area contributed by atoms with E-state index in [4.69, 9.17) is 12.3 Å². The van der Waals surface area contributed by atoms with Gasteiger partial charge in [0.05, 0.1) is 23.4 Å². The Morgan fingerprint density at radius 1 is 0.714 bits per heavy atom. The molecule has 0 unspecified atom stereocenters. The van der Waals surface area contributed by atoms with Gasteiger partial charge in [0.15, 0.2) is 0 Å². The minimum absolute atomic E-state index is 0.0883. The Kier molecular flexibility index (Phi) is 2.32. The Bertz CT molecular complexity index is 1710. The molecule has 0 saturated carbocycles. The fourth-order valence-electron chi connectivity index (χ4n) is 3.31. The monoisotopic (exact) mass is 372 g/mol. The van der Waals surface area contributed by atoms with Crippen molar-refractivity contribution in [3.05, 3.63) is 96.8 Å². The summed E-state index contributed by atoms with van der Waals surface area (Å²) in [7, 11) is -1.71. The molecular formula is C24H18BNO2. The number of nitrogens with zero attached hydrogens (tertiary/aromatic N) is 1. The number of hydrogen-bond acceptors (Lipinski definition) is 2. The van der Waals surface area contributed by atoms with Crippen molar-refractivity contribution in [3.8, 4) is 16.8 Å². The van der Waals surface area contributed by atoms with Crippen LogP contribution in [0.2, 0.25) is 0 Å². The quantitative estimate of drug-likeness (QED) is 0.468. The first-order chi connectivity index (χ1) is 17.5. The molecule has 0 radical (unpaired) electrons. The van der Waals surface area contributed by atoms with Gasteiger partial charge in [-0.25, -0.2) is 0 Å². The molecule has 1 heterocycles. The Morgan fingerprint density at radius 2 is 1.39 bits per heavy atom. The topological polar surface area (TPSA) is 45.4 Å². The highest BCUT2D eigenvalue weighted by Crippen LogP contribution is 2.32. The average Bonchev–Trinajstić information content (AvgIpc) is 3.21. The van der Waals surface area contributed by atoms with Crippen molar-refractivity contribution in [1.29, 1.82) is 0 Å². The molecule has 5 aromatic rings. The molecule has 4 aromatic carbocycles. The van der Waals surface area contributed by atoms with Gasteiger partial charge in [0.25, 0.3) is 0 Å². The summed E-state index contributed by atoms with van der Waals surface area (Å²) in [6, 6.07) is 6.56. The maximum atomic E-state index is 9.65. The number of para-hydroxylation sites is 1. The maximum Gasteiger partial charge on any atom is 0.488 e. The minimum Gasteiger partial charge on any atom is -0.423 e. The lowest BCUT2D eigenvalue weighted by Crippen LogP contribution is -2.29. The number of hydrogen-bond donors (Lipinski definition) is 2. The molecule has 0 atom stereocenters. The van der Waals surface area contributed by atoms with Crippen LogP contribution in [0, 0.1) is 0 Å². The van der Waals surface area contributed by atoms with Gasteiger partial charge in [0.1, 0.15) is 0 Å². The molecule has 3 nitrogen and oxygen atoms in total. The van der Waals surface area contributed by atoms with E-state index >= 15 is 0 Å². The zero-order valence-corrected chi connectivity index (χ0v) is 14.5. The summed E-state index contributed by atoms with van der Waals surface area (Å²) in [5, 5.41) is 20.6. The van der Waals surface area contributed by atoms with Crippen LogP contribution in [0.4, 0.5) is 0 Å². The molecule has 4 heteroatoms. The summed E-state index contributed by atoms with van der Waals surface area (Å²) in [5.74, 6) is 0. The third-order valence-electron chi connectivity index (χ3n) is 4.58. The van der Waals surface area contributed by atoms with Crippen LogP contribution in [0.5, 0.6) is 0 Å². The lowest BCUT2D eigenvalue weighted by Gasteiger charge is -2.09. The largest absolute Gasteiger partial charge is 0.488 e. The third kappa shape index (κ3) is 2.71. The molecule has 28 heavy (non-hydrogen) atoms. The molecule has 0 saturated heterocycles. The summed E-state index contributed by atoms with van der Waals surface area (Å²) in [4.78, 5) is 0. The number of aromatic nitrogens is 1. The Hall–Kier alpha value is -3.34. The van der Waals surface area contributed by atoms with Gasteiger partial charge in [-0.15, -0.1) is 0 Å². The average molecular weight is 372 g/mol. The van der Waals surface area contributed by atoms with E-state index in [9.17, 15) is 10.0 Å². The zero-order valence-electron chi connectivity index (χ0n) is 23.5. The summed E-state index contributed by atoms with van der Waals surface area (Å²) in [6.07, 6.45) is 0. The van der Waals surface area contributed by atoms with E-state index in [0.717, 1.165) is 0 Å². The molecule has 5 rings (SSSR count). The van der Waals surface area contributed by atoms with Crippen molar-refractivity contribution in [2.75, 3.05) is 0 Å². The molecule has 0 aliphatic carbocycles. The normalized spacial score (nSPS) is 15.7. The summed E-state index contributed by atoms with van der Waals surface area (Å²) >= 11 is 0. The van der Waals surface area contributed by atoms with Crippen molar-refractivity contribution in [2.24, 2.45) is 0 Å². The van der Waals surface area contributed by atoms with E-state index < -0.39 is 67.1 Å². The third-order valence-corrected chi connectivity index (χ3v) is 4.58. The van der Waals surface area contributed by atoms with E-state index in [1.165, 1.54) is 6.07 Å². The van der Waals surface area contributed by atoms with Crippen LogP contribution in [0.1, 0.15) is 12.3 Å². The van der Waals surface area contributed by atoms with Crippen LogP contribution in [0.3, 0.4) is 0 Å². The second-order valence-corrected chi connectivity index (χ2v) is 6.23. The van der Waals surface area contributed by atoms with Gasteiger partial charge in [-0.1, -0.05) is 72.6 Å². The molecule has 0 amide bonds. The molecule has 0 bridgehead atoms. The number of benzene rings is 4. The fraction of sp³-hybridized carbons (Fsp3) is 0. The Balaban J connectivity index is 1.90. The van der Waals surface area contributed by atoms with Crippen LogP contribution < -0.4 is 5.46 Å². The summed E-state index contributed by atoms with van der Waals surface area (Å²) in [6.45, 7) is 0. The fourth-order valence-corrected chi connectivity index (χ4v) is 3.31. The van der Waals surface area contributed by atoms with Crippen LogP contribution in [-0.4, -0.2) is 21.7 Å². The highest BCUT2D eigenvalue weighted by atomic mass is 16.4. The van der Waals surface area contributed by atoms with E-state index in [0.29, 0.717) is 21.8 Å². The van der Waals surface area contributed by atoms with Crippen LogP contribution >= 0.6 is 0 Å². The van der Waals surface area contributed by atoms with Crippen molar-refractivity contribution in [2.45, 2.75) is 0 Å². The first-order valence-corrected chi connectivity index (χ1v) is 8.54. The van der Waals surface area contributed by atoms with Gasteiger partial charge in [-0.3, -0.25) is 0 Å². The van der Waals surface area contributed by atoms with E-state index in [-0.39, 0.29) is 16.7 Å². The zero-order chi connectivity index (χ0) is 26.9. The van der Waals surface area contributed by atoms with E-state index in [1.807, 2.05) is 0 Å². The highest BCUT2D eigenvalue weighted by molar-refractivity contribution is 6.59. The van der Waals surface area contributed by atoms with Crippen LogP contribution in [-0.2, 0) is 0 Å². The SMILES string of the molecule is [2H]c1c([2H])c([2H])c(-c2c([2H])c([2H])c(-n3c4ccccc4c4cc(B(O)O)ccc43)c([2H])c2[2H])c([2H])c1[2H]. The van der Waals surface area contributed by atoms with E-state index in [1.54, 1.807) is 41.0 Å². The van der Waals surface area contributed by atoms with Crippen molar-refractivity contribution in [3.63, 3.8) is 0 Å². The first kappa shape index (κ1) is 9.74. The highest BCUT2D eigenvalue weighted by Gasteiger charge is 2.16. The maximum absolute atomic E-state index is 9.65. The first-order valence-electron chi connectivity index (χ1n) is 13.0. The van der Waals surface area contributed by atoms with E-state index in [2.05, 4.69) is 0 Å². The van der Waals surface area contributed by atoms with Gasteiger partial charge < -0.3 is 14.6 Å². The van der Waals surface area contributed by atoms with Gasteiger partial charge in [-0.2, -0.15) is 0 Å². The van der Waals surface area contributed by atoms with Crippen molar-refractivity contribution in [1.82, 2.24) is 4.57 Å². The predicted octanol–water partition coefficient (Wildman–Crippen LogP) is 4.13. The number of fused-ring (bicyclic) bond motifs is 3. The molecule has 0 aliphatic heterocycles. The second kappa shape index (κ2) is 6.68. The predicted molar refractivity (Wildman–Crippen MR) is 116 cm³/mol. The molecule has 1 aromatic heterocycles. The molecule has 0 aliphatic rings. The smallest absolute Gasteiger partial charge is 0.423 e. The summed E-state index contributed by atoms with van der Waals surface area (Å²) in [5.41, 5.74) is 0.419. The second-order valence-electron chi connectivity index (χ2n) is 6.23. The van der Waals surface area contributed by atoms with Gasteiger partial charge in [-0.05, 0) is 40.8 Å². The van der Waals surface area contributed by atoms with Crippen LogP contribution in [0.15, 0.2) is 96.8 Å².